The Balaban J connectivity index is 1.45. The van der Waals surface area contributed by atoms with E-state index in [4.69, 9.17) is 0 Å². The van der Waals surface area contributed by atoms with Crippen molar-refractivity contribution < 1.29 is 9.59 Å². The molecule has 0 radical (unpaired) electrons. The molecule has 0 aliphatic carbocycles. The average Bonchev–Trinajstić information content (AvgIpc) is 2.68. The van der Waals surface area contributed by atoms with Gasteiger partial charge in [0.05, 0.1) is 5.75 Å². The first-order chi connectivity index (χ1) is 12.6. The third kappa shape index (κ3) is 5.11. The molecule has 1 saturated heterocycles. The highest BCUT2D eigenvalue weighted by Crippen LogP contribution is 2.28. The third-order valence-corrected chi connectivity index (χ3v) is 6.46. The van der Waals surface area contributed by atoms with E-state index < -0.39 is 0 Å². The van der Waals surface area contributed by atoms with Gasteiger partial charge in [-0.15, -0.1) is 11.8 Å². The van der Waals surface area contributed by atoms with Crippen LogP contribution in [0.15, 0.2) is 64.0 Å². The predicted molar refractivity (Wildman–Crippen MR) is 109 cm³/mol. The minimum atomic E-state index is -0.0322. The van der Waals surface area contributed by atoms with Crippen LogP contribution in [-0.2, 0) is 9.59 Å². The molecule has 3 rings (SSSR count). The highest BCUT2D eigenvalue weighted by Gasteiger charge is 2.27. The zero-order valence-electron chi connectivity index (χ0n) is 14.4. The van der Waals surface area contributed by atoms with Gasteiger partial charge in [0.1, 0.15) is 0 Å². The van der Waals surface area contributed by atoms with Crippen LogP contribution in [-0.4, -0.2) is 35.6 Å². The summed E-state index contributed by atoms with van der Waals surface area (Å²) >= 11 is 5.04. The summed E-state index contributed by atoms with van der Waals surface area (Å²) in [7, 11) is 0. The third-order valence-electron chi connectivity index (χ3n) is 4.45. The summed E-state index contributed by atoms with van der Waals surface area (Å²) in [5.74, 6) is 0.567. The lowest BCUT2D eigenvalue weighted by Crippen LogP contribution is -2.42. The fourth-order valence-corrected chi connectivity index (χ4v) is 4.42. The van der Waals surface area contributed by atoms with E-state index in [9.17, 15) is 9.59 Å². The van der Waals surface area contributed by atoms with Crippen molar-refractivity contribution in [3.05, 3.63) is 59.1 Å². The molecule has 4 nitrogen and oxygen atoms in total. The molecule has 2 amide bonds. The Morgan fingerprint density at radius 3 is 2.38 bits per heavy atom. The number of benzene rings is 2. The van der Waals surface area contributed by atoms with Crippen molar-refractivity contribution in [2.24, 2.45) is 5.92 Å². The molecule has 1 fully saturated rings. The van der Waals surface area contributed by atoms with Crippen LogP contribution in [0.3, 0.4) is 0 Å². The quantitative estimate of drug-likeness (QED) is 0.711. The number of piperidine rings is 1. The predicted octanol–water partition coefficient (Wildman–Crippen LogP) is 4.42. The molecule has 1 N–H and O–H groups in total. The molecule has 2 aromatic carbocycles. The number of hydrogen-bond acceptors (Lipinski definition) is 3. The molecule has 0 aromatic heterocycles. The summed E-state index contributed by atoms with van der Waals surface area (Å²) in [5, 5.41) is 2.96. The highest BCUT2D eigenvalue weighted by atomic mass is 79.9. The molecule has 0 unspecified atom stereocenters. The van der Waals surface area contributed by atoms with Crippen LogP contribution < -0.4 is 5.32 Å². The van der Waals surface area contributed by atoms with E-state index in [2.05, 4.69) is 21.2 Å². The van der Waals surface area contributed by atoms with Crippen molar-refractivity contribution >= 4 is 45.2 Å². The number of carbonyl (C=O) groups is 2. The van der Waals surface area contributed by atoms with E-state index in [1.165, 1.54) is 0 Å². The molecular formula is C20H21BrN2O2S. The van der Waals surface area contributed by atoms with E-state index in [0.717, 1.165) is 15.1 Å². The second kappa shape index (κ2) is 9.24. The zero-order chi connectivity index (χ0) is 18.4. The molecule has 0 saturated carbocycles. The Morgan fingerprint density at radius 2 is 1.69 bits per heavy atom. The zero-order valence-corrected chi connectivity index (χ0v) is 16.8. The van der Waals surface area contributed by atoms with Gasteiger partial charge in [-0.3, -0.25) is 9.59 Å². The molecule has 1 aliphatic heterocycles. The van der Waals surface area contributed by atoms with E-state index in [1.54, 1.807) is 11.8 Å². The van der Waals surface area contributed by atoms with Crippen LogP contribution in [0, 0.1) is 5.92 Å². The maximum atomic E-state index is 12.4. The van der Waals surface area contributed by atoms with Gasteiger partial charge in [-0.2, -0.15) is 0 Å². The van der Waals surface area contributed by atoms with E-state index in [-0.39, 0.29) is 17.7 Å². The van der Waals surface area contributed by atoms with Gasteiger partial charge >= 0.3 is 0 Å². The summed E-state index contributed by atoms with van der Waals surface area (Å²) in [4.78, 5) is 27.7. The number of halogens is 1. The van der Waals surface area contributed by atoms with Crippen LogP contribution in [0.25, 0.3) is 0 Å². The number of rotatable bonds is 5. The molecule has 1 aliphatic rings. The maximum Gasteiger partial charge on any atom is 0.232 e. The monoisotopic (exact) mass is 432 g/mol. The number of hydrogen-bond donors (Lipinski definition) is 1. The summed E-state index contributed by atoms with van der Waals surface area (Å²) in [6, 6.07) is 17.4. The van der Waals surface area contributed by atoms with Crippen molar-refractivity contribution in [3.63, 3.8) is 0 Å². The molecule has 136 valence electrons. The van der Waals surface area contributed by atoms with Gasteiger partial charge in [0, 0.05) is 34.1 Å². The number of nitrogens with one attached hydrogen (secondary N) is 1. The summed E-state index contributed by atoms with van der Waals surface area (Å²) in [6.45, 7) is 1.28. The Kier molecular flexibility index (Phi) is 6.74. The van der Waals surface area contributed by atoms with Crippen LogP contribution in [0.2, 0.25) is 0 Å². The number of likely N-dealkylation sites (tertiary alicyclic amines) is 1. The highest BCUT2D eigenvalue weighted by molar-refractivity contribution is 9.10. The minimum Gasteiger partial charge on any atom is -0.342 e. The second-order valence-electron chi connectivity index (χ2n) is 6.23. The van der Waals surface area contributed by atoms with Gasteiger partial charge in [0.25, 0.3) is 0 Å². The maximum absolute atomic E-state index is 12.4. The van der Waals surface area contributed by atoms with Gasteiger partial charge in [-0.1, -0.05) is 30.3 Å². The van der Waals surface area contributed by atoms with Crippen molar-refractivity contribution in [2.75, 3.05) is 24.2 Å². The van der Waals surface area contributed by atoms with Gasteiger partial charge in [0.2, 0.25) is 11.8 Å². The SMILES string of the molecule is O=C(Nc1ccccc1)C1CCN(C(=O)CSc2ccccc2Br)CC1. The van der Waals surface area contributed by atoms with Gasteiger partial charge in [0.15, 0.2) is 0 Å². The lowest BCUT2D eigenvalue weighted by atomic mass is 9.96. The average molecular weight is 433 g/mol. The largest absolute Gasteiger partial charge is 0.342 e. The van der Waals surface area contributed by atoms with Crippen molar-refractivity contribution in [1.29, 1.82) is 0 Å². The summed E-state index contributed by atoms with van der Waals surface area (Å²) in [5.41, 5.74) is 0.820. The number of amides is 2. The smallest absolute Gasteiger partial charge is 0.232 e. The Hall–Kier alpha value is -1.79. The first-order valence-corrected chi connectivity index (χ1v) is 10.4. The molecule has 0 bridgehead atoms. The number of thioether (sulfide) groups is 1. The van der Waals surface area contributed by atoms with Crippen LogP contribution in [0.4, 0.5) is 5.69 Å². The summed E-state index contributed by atoms with van der Waals surface area (Å²) in [6.07, 6.45) is 1.42. The fourth-order valence-electron chi connectivity index (χ4n) is 2.95. The van der Waals surface area contributed by atoms with E-state index in [0.29, 0.717) is 31.7 Å². The number of para-hydroxylation sites is 1. The first kappa shape index (κ1) is 19.0. The molecule has 0 atom stereocenters. The van der Waals surface area contributed by atoms with Crippen LogP contribution in [0.5, 0.6) is 0 Å². The second-order valence-corrected chi connectivity index (χ2v) is 8.10. The number of carbonyl (C=O) groups excluding carboxylic acids is 2. The molecule has 2 aromatic rings. The lowest BCUT2D eigenvalue weighted by molar-refractivity contribution is -0.132. The summed E-state index contributed by atoms with van der Waals surface area (Å²) < 4.78 is 1.01. The minimum absolute atomic E-state index is 0.0322. The molecule has 1 heterocycles. The number of anilines is 1. The van der Waals surface area contributed by atoms with Gasteiger partial charge in [-0.25, -0.2) is 0 Å². The standard InChI is InChI=1S/C20H21BrN2O2S/c21-17-8-4-5-9-18(17)26-14-19(24)23-12-10-15(11-13-23)20(25)22-16-6-2-1-3-7-16/h1-9,15H,10-14H2,(H,22,25). The topological polar surface area (TPSA) is 49.4 Å². The number of nitrogens with zero attached hydrogens (tertiary/aromatic N) is 1. The van der Waals surface area contributed by atoms with Crippen molar-refractivity contribution in [3.8, 4) is 0 Å². The Bertz CT molecular complexity index is 761. The van der Waals surface area contributed by atoms with Crippen molar-refractivity contribution in [1.82, 2.24) is 4.90 Å². The van der Waals surface area contributed by atoms with E-state index in [1.807, 2.05) is 59.5 Å². The van der Waals surface area contributed by atoms with Gasteiger partial charge in [-0.05, 0) is 53.0 Å². The van der Waals surface area contributed by atoms with Crippen LogP contribution >= 0.6 is 27.7 Å². The first-order valence-electron chi connectivity index (χ1n) is 8.64. The van der Waals surface area contributed by atoms with E-state index >= 15 is 0 Å². The molecule has 0 spiro atoms. The lowest BCUT2D eigenvalue weighted by Gasteiger charge is -2.31. The Morgan fingerprint density at radius 1 is 1.04 bits per heavy atom. The van der Waals surface area contributed by atoms with Crippen molar-refractivity contribution in [2.45, 2.75) is 17.7 Å². The molecule has 6 heteroatoms. The molecular weight excluding hydrogens is 412 g/mol. The molecule has 26 heavy (non-hydrogen) atoms. The van der Waals surface area contributed by atoms with Gasteiger partial charge < -0.3 is 10.2 Å². The fraction of sp³-hybridized carbons (Fsp3) is 0.300. The normalized spacial score (nSPS) is 14.9. The Labute approximate surface area is 166 Å². The van der Waals surface area contributed by atoms with Crippen LogP contribution in [0.1, 0.15) is 12.8 Å².